The van der Waals surface area contributed by atoms with Crippen LogP contribution in [0.2, 0.25) is 0 Å². The molecule has 1 atom stereocenters. The van der Waals surface area contributed by atoms with Crippen LogP contribution in [0.4, 0.5) is 25.2 Å². The summed E-state index contributed by atoms with van der Waals surface area (Å²) in [6.45, 7) is 8.54. The van der Waals surface area contributed by atoms with Gasteiger partial charge in [0.05, 0.1) is 10.9 Å². The first-order valence-corrected chi connectivity index (χ1v) is 16.6. The third-order valence-corrected chi connectivity index (χ3v) is 9.87. The van der Waals surface area contributed by atoms with E-state index < -0.39 is 7.81 Å². The maximum absolute atomic E-state index is 13.2. The zero-order valence-electron chi connectivity index (χ0n) is 22.3. The number of rotatable bonds is 4. The predicted octanol–water partition coefficient (Wildman–Crippen LogP) is 11.1. The van der Waals surface area contributed by atoms with Gasteiger partial charge in [0.1, 0.15) is 0 Å². The molecule has 1 heterocycles. The second-order valence-electron chi connectivity index (χ2n) is 10.3. The summed E-state index contributed by atoms with van der Waals surface area (Å²) in [5, 5.41) is 0. The average Bonchev–Trinajstić information content (AvgIpc) is 2.84. The van der Waals surface area contributed by atoms with Crippen molar-refractivity contribution < 1.29 is 30.0 Å². The van der Waals surface area contributed by atoms with E-state index in [1.165, 1.54) is 36.3 Å². The van der Waals surface area contributed by atoms with Crippen molar-refractivity contribution in [2.75, 3.05) is 0 Å². The van der Waals surface area contributed by atoms with E-state index in [2.05, 4.69) is 107 Å². The van der Waals surface area contributed by atoms with Crippen molar-refractivity contribution in [1.82, 2.24) is 0 Å². The minimum absolute atomic E-state index is 0.00354. The Morgan fingerprint density at radius 1 is 0.800 bits per heavy atom. The number of carbonyl (C=O) groups is 1. The summed E-state index contributed by atoms with van der Waals surface area (Å²) >= 11 is 1.75. The maximum atomic E-state index is 13.2. The van der Waals surface area contributed by atoms with Crippen LogP contribution in [0.5, 0.6) is 0 Å². The van der Waals surface area contributed by atoms with Gasteiger partial charge >= 0.3 is 33.0 Å². The van der Waals surface area contributed by atoms with Gasteiger partial charge in [-0.05, 0) is 67.8 Å². The number of halogens is 6. The quantitative estimate of drug-likeness (QED) is 0.165. The second kappa shape index (κ2) is 10.4. The zero-order valence-corrected chi connectivity index (χ0v) is 24.8. The van der Waals surface area contributed by atoms with Crippen molar-refractivity contribution in [3.8, 4) is 0 Å². The molecule has 0 amide bonds. The van der Waals surface area contributed by atoms with Gasteiger partial charge in [-0.25, -0.2) is 0 Å². The first-order valence-electron chi connectivity index (χ1n) is 12.6. The monoisotopic (exact) mass is 614 g/mol. The van der Waals surface area contributed by atoms with Gasteiger partial charge < -0.3 is 0 Å². The van der Waals surface area contributed by atoms with Gasteiger partial charge in [-0.1, -0.05) is 73.2 Å². The van der Waals surface area contributed by atoms with Gasteiger partial charge in [0, 0.05) is 27.7 Å². The molecular weight excluding hydrogens is 585 g/mol. The van der Waals surface area contributed by atoms with E-state index in [9.17, 15) is 30.0 Å². The Kier molecular flexibility index (Phi) is 7.93. The SMILES string of the molecule is Cc1ccc([S+](c2ccc(C)cc2)c2ccc3c(c2)CC2=C(C=CC(C(C)C)C2=O)S3)cc1.F[P-](F)(F)(F)(F)F. The molecule has 3 aromatic carbocycles. The van der Waals surface area contributed by atoms with Crippen LogP contribution in [0.15, 0.2) is 109 Å². The molecule has 5 rings (SSSR count). The molecule has 0 aromatic heterocycles. The van der Waals surface area contributed by atoms with E-state index in [0.717, 1.165) is 16.9 Å². The third kappa shape index (κ3) is 8.27. The molecule has 2 aliphatic rings. The molecule has 214 valence electrons. The molecule has 0 N–H and O–H groups in total. The number of aryl methyl sites for hydroxylation is 2. The van der Waals surface area contributed by atoms with E-state index in [-0.39, 0.29) is 16.8 Å². The summed E-state index contributed by atoms with van der Waals surface area (Å²) < 4.78 is 59.2. The summed E-state index contributed by atoms with van der Waals surface area (Å²) in [5.74, 6) is 0.639. The van der Waals surface area contributed by atoms with E-state index in [1.54, 1.807) is 11.8 Å². The Morgan fingerprint density at radius 2 is 1.27 bits per heavy atom. The first kappa shape index (κ1) is 30.5. The third-order valence-electron chi connectivity index (χ3n) is 6.44. The molecule has 40 heavy (non-hydrogen) atoms. The molecular formula is C30H29F6OPS2. The number of fused-ring (bicyclic) bond motifs is 1. The molecule has 3 aromatic rings. The van der Waals surface area contributed by atoms with E-state index >= 15 is 0 Å². The fourth-order valence-electron chi connectivity index (χ4n) is 4.48. The molecule has 0 spiro atoms. The molecule has 0 bridgehead atoms. The fourth-order valence-corrected chi connectivity index (χ4v) is 7.66. The Bertz CT molecular complexity index is 1440. The average molecular weight is 615 g/mol. The number of allylic oxidation sites excluding steroid dienone is 3. The Hall–Kier alpha value is -2.48. The van der Waals surface area contributed by atoms with Crippen LogP contribution in [0, 0.1) is 25.7 Å². The van der Waals surface area contributed by atoms with Gasteiger partial charge in [0.25, 0.3) is 0 Å². The van der Waals surface area contributed by atoms with E-state index in [1.807, 2.05) is 0 Å². The van der Waals surface area contributed by atoms with Crippen LogP contribution in [0.25, 0.3) is 0 Å². The Balaban J connectivity index is 0.000000470. The summed E-state index contributed by atoms with van der Waals surface area (Å²) in [6.07, 6.45) is 5.01. The first-order chi connectivity index (χ1) is 18.4. The number of hydrogen-bond donors (Lipinski definition) is 0. The summed E-state index contributed by atoms with van der Waals surface area (Å²) in [7, 11) is -10.8. The summed E-state index contributed by atoms with van der Waals surface area (Å²) in [4.78, 5) is 19.6. The number of carbonyl (C=O) groups excluding carboxylic acids is 1. The summed E-state index contributed by atoms with van der Waals surface area (Å²) in [6, 6.07) is 24.7. The molecule has 10 heteroatoms. The van der Waals surface area contributed by atoms with Crippen molar-refractivity contribution >= 4 is 36.2 Å². The fraction of sp³-hybridized carbons (Fsp3) is 0.233. The molecule has 0 saturated heterocycles. The predicted molar refractivity (Wildman–Crippen MR) is 154 cm³/mol. The van der Waals surface area contributed by atoms with Gasteiger partial charge in [0.2, 0.25) is 0 Å². The number of benzene rings is 3. The van der Waals surface area contributed by atoms with Crippen LogP contribution < -0.4 is 0 Å². The minimum atomic E-state index is -10.7. The number of ketones is 1. The van der Waals surface area contributed by atoms with Gasteiger partial charge in [-0.3, -0.25) is 4.79 Å². The van der Waals surface area contributed by atoms with Crippen molar-refractivity contribution in [3.63, 3.8) is 0 Å². The van der Waals surface area contributed by atoms with Crippen molar-refractivity contribution in [2.24, 2.45) is 11.8 Å². The molecule has 1 aliphatic heterocycles. The standard InChI is InChI=1S/C30H29OS2.F6P/c1-19(2)26-14-16-29-27(30(26)31)18-22-17-25(13-15-28(22)32-29)33(23-9-5-20(3)6-10-23)24-11-7-21(4)8-12-24;1-7(2,3,4,5)6/h5-17,19,26H,18H2,1-4H3;/q+1;-1. The van der Waals surface area contributed by atoms with Crippen LogP contribution in [0.1, 0.15) is 30.5 Å². The van der Waals surface area contributed by atoms with Gasteiger partial charge in [-0.2, -0.15) is 0 Å². The van der Waals surface area contributed by atoms with E-state index in [4.69, 9.17) is 0 Å². The Morgan fingerprint density at radius 3 is 1.75 bits per heavy atom. The number of Topliss-reactive ketones (excluding diaryl/α,β-unsaturated/α-hetero) is 1. The van der Waals surface area contributed by atoms with Crippen LogP contribution in [-0.2, 0) is 22.1 Å². The second-order valence-corrected chi connectivity index (χ2v) is 15.3. The topological polar surface area (TPSA) is 17.1 Å². The van der Waals surface area contributed by atoms with E-state index in [0.29, 0.717) is 11.7 Å². The van der Waals surface area contributed by atoms with Gasteiger partial charge in [-0.15, -0.1) is 0 Å². The summed E-state index contributed by atoms with van der Waals surface area (Å²) in [5.41, 5.74) is 4.82. The van der Waals surface area contributed by atoms with Crippen molar-refractivity contribution in [1.29, 1.82) is 0 Å². The van der Waals surface area contributed by atoms with Crippen LogP contribution >= 0.6 is 19.6 Å². The van der Waals surface area contributed by atoms with Gasteiger partial charge in [0.15, 0.2) is 20.5 Å². The molecule has 1 aliphatic carbocycles. The zero-order chi connectivity index (χ0) is 29.5. The number of hydrogen-bond acceptors (Lipinski definition) is 2. The van der Waals surface area contributed by atoms with Crippen molar-refractivity contribution in [3.05, 3.63) is 106 Å². The Labute approximate surface area is 237 Å². The molecule has 1 unspecified atom stereocenters. The van der Waals surface area contributed by atoms with Crippen LogP contribution in [0.3, 0.4) is 0 Å². The normalized spacial score (nSPS) is 18.5. The molecule has 0 radical (unpaired) electrons. The van der Waals surface area contributed by atoms with Crippen molar-refractivity contribution in [2.45, 2.75) is 53.7 Å². The molecule has 1 nitrogen and oxygen atoms in total. The molecule has 0 fully saturated rings. The number of thioether (sulfide) groups is 1. The molecule has 0 saturated carbocycles. The van der Waals surface area contributed by atoms with Crippen LogP contribution in [-0.4, -0.2) is 5.78 Å².